The molecule has 1 heterocycles. The molecule has 1 N–H and O–H groups in total. The molecule has 0 bridgehead atoms. The summed E-state index contributed by atoms with van der Waals surface area (Å²) in [6.45, 7) is 2.51. The van der Waals surface area contributed by atoms with Crippen LogP contribution >= 0.6 is 11.3 Å². The summed E-state index contributed by atoms with van der Waals surface area (Å²) in [4.78, 5) is 31.6. The Labute approximate surface area is 149 Å². The van der Waals surface area contributed by atoms with Crippen LogP contribution in [0, 0.1) is 18.7 Å². The topological polar surface area (TPSA) is 62.3 Å². The highest BCUT2D eigenvalue weighted by Crippen LogP contribution is 2.30. The van der Waals surface area contributed by atoms with Gasteiger partial charge in [-0.1, -0.05) is 12.1 Å². The summed E-state index contributed by atoms with van der Waals surface area (Å²) in [5, 5.41) is 3.28. The second kappa shape index (κ2) is 7.74. The number of benzene rings is 1. The first-order valence-electron chi connectivity index (χ1n) is 8.24. The summed E-state index contributed by atoms with van der Waals surface area (Å²) in [6, 6.07) is 5.87. The highest BCUT2D eigenvalue weighted by Gasteiger charge is 2.28. The molecule has 1 saturated carbocycles. The van der Waals surface area contributed by atoms with Crippen molar-refractivity contribution in [1.29, 1.82) is 0 Å². The highest BCUT2D eigenvalue weighted by molar-refractivity contribution is 7.15. The summed E-state index contributed by atoms with van der Waals surface area (Å²) in [6.07, 6.45) is 4.04. The van der Waals surface area contributed by atoms with Crippen molar-refractivity contribution < 1.29 is 14.0 Å². The van der Waals surface area contributed by atoms with Crippen molar-refractivity contribution in [3.8, 4) is 0 Å². The van der Waals surface area contributed by atoms with Gasteiger partial charge in [-0.25, -0.2) is 9.37 Å². The fourth-order valence-electron chi connectivity index (χ4n) is 2.50. The third-order valence-corrected chi connectivity index (χ3v) is 4.83. The molecule has 1 aliphatic carbocycles. The number of aryl methyl sites for hydroxylation is 1. The van der Waals surface area contributed by atoms with E-state index in [0.29, 0.717) is 17.6 Å². The Kier molecular flexibility index (Phi) is 5.43. The molecule has 2 aromatic rings. The van der Waals surface area contributed by atoms with Crippen LogP contribution in [0.15, 0.2) is 30.5 Å². The molecular formula is C18H20FN3O2S. The first-order valence-corrected chi connectivity index (χ1v) is 9.06. The van der Waals surface area contributed by atoms with E-state index in [4.69, 9.17) is 0 Å². The Hall–Kier alpha value is -2.28. The van der Waals surface area contributed by atoms with Crippen LogP contribution in [0.4, 0.5) is 9.52 Å². The zero-order valence-electron chi connectivity index (χ0n) is 14.0. The Morgan fingerprint density at radius 3 is 2.64 bits per heavy atom. The maximum atomic E-state index is 13.0. The fraction of sp³-hybridized carbons (Fsp3) is 0.389. The molecule has 0 radical (unpaired) electrons. The largest absolute Gasteiger partial charge is 0.333 e. The van der Waals surface area contributed by atoms with E-state index in [-0.39, 0.29) is 30.6 Å². The zero-order valence-corrected chi connectivity index (χ0v) is 14.8. The molecule has 5 nitrogen and oxygen atoms in total. The lowest BCUT2D eigenvalue weighted by molar-refractivity contribution is -0.134. The van der Waals surface area contributed by atoms with Crippen LogP contribution in [-0.2, 0) is 16.0 Å². The van der Waals surface area contributed by atoms with Crippen molar-refractivity contribution in [1.82, 2.24) is 9.88 Å². The van der Waals surface area contributed by atoms with Crippen molar-refractivity contribution in [3.05, 3.63) is 46.7 Å². The quantitative estimate of drug-likeness (QED) is 0.825. The van der Waals surface area contributed by atoms with E-state index >= 15 is 0 Å². The van der Waals surface area contributed by atoms with E-state index in [1.165, 1.54) is 23.5 Å². The average Bonchev–Trinajstić information content (AvgIpc) is 3.29. The van der Waals surface area contributed by atoms with Gasteiger partial charge in [0.05, 0.1) is 13.0 Å². The smallest absolute Gasteiger partial charge is 0.245 e. The van der Waals surface area contributed by atoms with E-state index < -0.39 is 0 Å². The van der Waals surface area contributed by atoms with Crippen LogP contribution in [0.3, 0.4) is 0 Å². The Balaban J connectivity index is 1.60. The first-order chi connectivity index (χ1) is 12.0. The molecule has 1 aliphatic rings. The van der Waals surface area contributed by atoms with Gasteiger partial charge in [-0.15, -0.1) is 11.3 Å². The van der Waals surface area contributed by atoms with Gasteiger partial charge < -0.3 is 10.2 Å². The number of thiazole rings is 1. The van der Waals surface area contributed by atoms with E-state index in [1.807, 2.05) is 6.92 Å². The second-order valence-corrected chi connectivity index (χ2v) is 7.58. The number of hydrogen-bond acceptors (Lipinski definition) is 4. The SMILES string of the molecule is Cc1cnc(NC(=O)CN(CC2CC2)C(=O)Cc2ccc(F)cc2)s1. The number of nitrogens with one attached hydrogen (secondary N) is 1. The van der Waals surface area contributed by atoms with E-state index in [1.54, 1.807) is 23.2 Å². The van der Waals surface area contributed by atoms with Gasteiger partial charge in [-0.3, -0.25) is 9.59 Å². The molecule has 1 aromatic heterocycles. The summed E-state index contributed by atoms with van der Waals surface area (Å²) in [7, 11) is 0. The summed E-state index contributed by atoms with van der Waals surface area (Å²) < 4.78 is 13.0. The predicted molar refractivity (Wildman–Crippen MR) is 94.9 cm³/mol. The molecule has 0 spiro atoms. The molecule has 0 saturated heterocycles. The van der Waals surface area contributed by atoms with Crippen LogP contribution in [0.1, 0.15) is 23.3 Å². The number of rotatable bonds is 7. The normalized spacial score (nSPS) is 13.5. The maximum absolute atomic E-state index is 13.0. The predicted octanol–water partition coefficient (Wildman–Crippen LogP) is 3.01. The Bertz CT molecular complexity index is 756. The van der Waals surface area contributed by atoms with Gasteiger partial charge in [0.15, 0.2) is 5.13 Å². The molecule has 1 aromatic carbocycles. The summed E-state index contributed by atoms with van der Waals surface area (Å²) >= 11 is 1.40. The third kappa shape index (κ3) is 5.35. The first kappa shape index (κ1) is 17.5. The van der Waals surface area contributed by atoms with Gasteiger partial charge in [-0.05, 0) is 43.4 Å². The number of carbonyl (C=O) groups is 2. The van der Waals surface area contributed by atoms with Crippen molar-refractivity contribution in [3.63, 3.8) is 0 Å². The molecule has 3 rings (SSSR count). The molecule has 0 aliphatic heterocycles. The average molecular weight is 361 g/mol. The van der Waals surface area contributed by atoms with Crippen molar-refractivity contribution in [2.24, 2.45) is 5.92 Å². The number of halogens is 1. The van der Waals surface area contributed by atoms with Gasteiger partial charge >= 0.3 is 0 Å². The van der Waals surface area contributed by atoms with Gasteiger partial charge in [-0.2, -0.15) is 0 Å². The summed E-state index contributed by atoms with van der Waals surface area (Å²) in [5.41, 5.74) is 0.739. The number of aromatic nitrogens is 1. The van der Waals surface area contributed by atoms with Crippen LogP contribution in [0.2, 0.25) is 0 Å². The number of anilines is 1. The van der Waals surface area contributed by atoms with Crippen molar-refractivity contribution in [2.45, 2.75) is 26.2 Å². The third-order valence-electron chi connectivity index (χ3n) is 4.00. The van der Waals surface area contributed by atoms with Crippen LogP contribution < -0.4 is 5.32 Å². The van der Waals surface area contributed by atoms with Crippen LogP contribution in [0.5, 0.6) is 0 Å². The minimum atomic E-state index is -0.329. The molecule has 25 heavy (non-hydrogen) atoms. The van der Waals surface area contributed by atoms with Gasteiger partial charge in [0.1, 0.15) is 5.82 Å². The minimum absolute atomic E-state index is 0.00908. The molecule has 0 atom stereocenters. The lowest BCUT2D eigenvalue weighted by Gasteiger charge is -2.22. The Morgan fingerprint density at radius 1 is 1.32 bits per heavy atom. The number of nitrogens with zero attached hydrogens (tertiary/aromatic N) is 2. The van der Waals surface area contributed by atoms with Crippen LogP contribution in [0.25, 0.3) is 0 Å². The lowest BCUT2D eigenvalue weighted by atomic mass is 10.1. The molecule has 7 heteroatoms. The molecular weight excluding hydrogens is 341 g/mol. The zero-order chi connectivity index (χ0) is 17.8. The van der Waals surface area contributed by atoms with Gasteiger partial charge in [0.2, 0.25) is 11.8 Å². The minimum Gasteiger partial charge on any atom is -0.333 e. The number of amides is 2. The second-order valence-electron chi connectivity index (χ2n) is 6.35. The molecule has 0 unspecified atom stereocenters. The van der Waals surface area contributed by atoms with Gasteiger partial charge in [0, 0.05) is 17.6 Å². The van der Waals surface area contributed by atoms with E-state index in [9.17, 15) is 14.0 Å². The molecule has 132 valence electrons. The van der Waals surface area contributed by atoms with Crippen molar-refractivity contribution >= 4 is 28.3 Å². The lowest BCUT2D eigenvalue weighted by Crippen LogP contribution is -2.40. The highest BCUT2D eigenvalue weighted by atomic mass is 32.1. The number of carbonyl (C=O) groups excluding carboxylic acids is 2. The summed E-state index contributed by atoms with van der Waals surface area (Å²) in [5.74, 6) is -0.220. The maximum Gasteiger partial charge on any atom is 0.245 e. The van der Waals surface area contributed by atoms with Gasteiger partial charge in [0.25, 0.3) is 0 Å². The van der Waals surface area contributed by atoms with E-state index in [0.717, 1.165) is 23.3 Å². The van der Waals surface area contributed by atoms with Crippen molar-refractivity contribution in [2.75, 3.05) is 18.4 Å². The fourth-order valence-corrected chi connectivity index (χ4v) is 3.18. The standard InChI is InChI=1S/C18H20FN3O2S/c1-12-9-20-18(25-12)21-16(23)11-22(10-14-2-3-14)17(24)8-13-4-6-15(19)7-5-13/h4-7,9,14H,2-3,8,10-11H2,1H3,(H,20,21,23). The Morgan fingerprint density at radius 2 is 2.04 bits per heavy atom. The molecule has 1 fully saturated rings. The van der Waals surface area contributed by atoms with Crippen LogP contribution in [-0.4, -0.2) is 34.8 Å². The number of hydrogen-bond donors (Lipinski definition) is 1. The molecule has 2 amide bonds. The monoisotopic (exact) mass is 361 g/mol. The van der Waals surface area contributed by atoms with E-state index in [2.05, 4.69) is 10.3 Å².